The lowest BCUT2D eigenvalue weighted by molar-refractivity contribution is -0.142. The van der Waals surface area contributed by atoms with E-state index < -0.39 is 11.4 Å². The van der Waals surface area contributed by atoms with Crippen molar-refractivity contribution in [2.75, 3.05) is 0 Å². The van der Waals surface area contributed by atoms with Crippen LogP contribution in [0.25, 0.3) is 10.3 Å². The molecule has 0 amide bonds. The van der Waals surface area contributed by atoms with Crippen LogP contribution in [0.3, 0.4) is 0 Å². The van der Waals surface area contributed by atoms with E-state index in [9.17, 15) is 4.79 Å². The van der Waals surface area contributed by atoms with Crippen molar-refractivity contribution >= 4 is 27.6 Å². The maximum atomic E-state index is 11.1. The van der Waals surface area contributed by atoms with E-state index >= 15 is 0 Å². The Kier molecular flexibility index (Phi) is 2.08. The standard InChI is InChI=1S/C10H11NO3S/c1-5-4-6-7(15-5)8(11-14-6)10(2,3)9(12)13/h4H,1-3H3,(H,12,13). The Balaban J connectivity index is 2.65. The van der Waals surface area contributed by atoms with Crippen LogP contribution in [0.5, 0.6) is 0 Å². The number of hydrogen-bond acceptors (Lipinski definition) is 4. The average Bonchev–Trinajstić information content (AvgIpc) is 2.61. The van der Waals surface area contributed by atoms with Crippen LogP contribution in [0.15, 0.2) is 10.6 Å². The van der Waals surface area contributed by atoms with Crippen molar-refractivity contribution in [2.45, 2.75) is 26.2 Å². The zero-order chi connectivity index (χ0) is 11.2. The van der Waals surface area contributed by atoms with Gasteiger partial charge in [-0.15, -0.1) is 11.3 Å². The van der Waals surface area contributed by atoms with Crippen molar-refractivity contribution in [1.29, 1.82) is 0 Å². The van der Waals surface area contributed by atoms with E-state index in [4.69, 9.17) is 9.63 Å². The molecule has 15 heavy (non-hydrogen) atoms. The molecule has 2 aromatic heterocycles. The second-order valence-corrected chi connectivity index (χ2v) is 5.27. The Morgan fingerprint density at radius 1 is 1.60 bits per heavy atom. The van der Waals surface area contributed by atoms with Gasteiger partial charge in [0, 0.05) is 4.88 Å². The smallest absolute Gasteiger partial charge is 0.315 e. The number of carboxylic acid groups (broad SMARTS) is 1. The third kappa shape index (κ3) is 1.43. The summed E-state index contributed by atoms with van der Waals surface area (Å²) in [4.78, 5) is 12.2. The van der Waals surface area contributed by atoms with Crippen molar-refractivity contribution in [3.8, 4) is 0 Å². The molecule has 0 aliphatic carbocycles. The van der Waals surface area contributed by atoms with E-state index in [1.165, 1.54) is 11.3 Å². The highest BCUT2D eigenvalue weighted by atomic mass is 32.1. The molecule has 0 bridgehead atoms. The van der Waals surface area contributed by atoms with Gasteiger partial charge in [-0.05, 0) is 26.8 Å². The highest BCUT2D eigenvalue weighted by Crippen LogP contribution is 2.35. The Hall–Kier alpha value is -1.36. The minimum atomic E-state index is -1.01. The number of rotatable bonds is 2. The van der Waals surface area contributed by atoms with Gasteiger partial charge in [0.2, 0.25) is 0 Å². The number of hydrogen-bond donors (Lipinski definition) is 1. The zero-order valence-electron chi connectivity index (χ0n) is 8.70. The minimum Gasteiger partial charge on any atom is -0.481 e. The fourth-order valence-electron chi connectivity index (χ4n) is 1.36. The molecule has 80 valence electrons. The van der Waals surface area contributed by atoms with Crippen LogP contribution >= 0.6 is 11.3 Å². The first-order chi connectivity index (χ1) is 6.93. The molecule has 2 rings (SSSR count). The van der Waals surface area contributed by atoms with Crippen LogP contribution in [0, 0.1) is 6.92 Å². The summed E-state index contributed by atoms with van der Waals surface area (Å²) in [5.74, 6) is -0.899. The van der Waals surface area contributed by atoms with Crippen molar-refractivity contribution in [3.63, 3.8) is 0 Å². The van der Waals surface area contributed by atoms with Gasteiger partial charge < -0.3 is 9.63 Å². The van der Waals surface area contributed by atoms with Gasteiger partial charge >= 0.3 is 5.97 Å². The fourth-order valence-corrected chi connectivity index (χ4v) is 2.43. The summed E-state index contributed by atoms with van der Waals surface area (Å²) in [5, 5.41) is 12.9. The molecule has 0 aromatic carbocycles. The molecule has 2 aromatic rings. The van der Waals surface area contributed by atoms with Gasteiger partial charge in [0.05, 0.1) is 4.70 Å². The molecule has 0 aliphatic heterocycles. The predicted molar refractivity (Wildman–Crippen MR) is 57.3 cm³/mol. The number of aromatic nitrogens is 1. The second-order valence-electron chi connectivity index (χ2n) is 4.01. The number of thiophene rings is 1. The Morgan fingerprint density at radius 2 is 2.27 bits per heavy atom. The highest BCUT2D eigenvalue weighted by molar-refractivity contribution is 7.19. The summed E-state index contributed by atoms with van der Waals surface area (Å²) in [6.07, 6.45) is 0. The maximum absolute atomic E-state index is 11.1. The molecule has 0 fully saturated rings. The Morgan fingerprint density at radius 3 is 2.87 bits per heavy atom. The van der Waals surface area contributed by atoms with Crippen molar-refractivity contribution in [1.82, 2.24) is 5.16 Å². The Bertz CT molecular complexity index is 524. The fraction of sp³-hybridized carbons (Fsp3) is 0.400. The maximum Gasteiger partial charge on any atom is 0.315 e. The summed E-state index contributed by atoms with van der Waals surface area (Å²) in [5.41, 5.74) is 0.160. The van der Waals surface area contributed by atoms with Gasteiger partial charge in [-0.3, -0.25) is 4.79 Å². The zero-order valence-corrected chi connectivity index (χ0v) is 9.51. The topological polar surface area (TPSA) is 63.3 Å². The van der Waals surface area contributed by atoms with Crippen molar-refractivity contribution < 1.29 is 14.4 Å². The number of aryl methyl sites for hydroxylation is 1. The van der Waals surface area contributed by atoms with E-state index in [0.29, 0.717) is 11.3 Å². The molecule has 4 nitrogen and oxygen atoms in total. The van der Waals surface area contributed by atoms with E-state index in [-0.39, 0.29) is 0 Å². The average molecular weight is 225 g/mol. The third-order valence-corrected chi connectivity index (χ3v) is 3.44. The van der Waals surface area contributed by atoms with E-state index in [1.54, 1.807) is 13.8 Å². The van der Waals surface area contributed by atoms with Crippen LogP contribution in [-0.2, 0) is 10.2 Å². The lowest BCUT2D eigenvalue weighted by Crippen LogP contribution is -2.28. The highest BCUT2D eigenvalue weighted by Gasteiger charge is 2.35. The van der Waals surface area contributed by atoms with Gasteiger partial charge in [0.25, 0.3) is 0 Å². The molecule has 0 saturated heterocycles. The van der Waals surface area contributed by atoms with Crippen LogP contribution < -0.4 is 0 Å². The lowest BCUT2D eigenvalue weighted by Gasteiger charge is -2.14. The van der Waals surface area contributed by atoms with Gasteiger partial charge in [0.1, 0.15) is 11.1 Å². The molecule has 0 radical (unpaired) electrons. The SMILES string of the molecule is Cc1cc2onc(C(C)(C)C(=O)O)c2s1. The first-order valence-electron chi connectivity index (χ1n) is 4.52. The van der Waals surface area contributed by atoms with Gasteiger partial charge in [-0.25, -0.2) is 0 Å². The summed E-state index contributed by atoms with van der Waals surface area (Å²) < 4.78 is 5.94. The van der Waals surface area contributed by atoms with E-state index in [2.05, 4.69) is 5.16 Å². The minimum absolute atomic E-state index is 0.503. The van der Waals surface area contributed by atoms with Crippen LogP contribution in [0.4, 0.5) is 0 Å². The van der Waals surface area contributed by atoms with Crippen LogP contribution in [0.1, 0.15) is 24.4 Å². The molecular formula is C10H11NO3S. The molecule has 2 heterocycles. The first-order valence-corrected chi connectivity index (χ1v) is 5.34. The van der Waals surface area contributed by atoms with Gasteiger partial charge in [-0.2, -0.15) is 0 Å². The Labute approximate surface area is 90.5 Å². The molecule has 0 aliphatic rings. The molecular weight excluding hydrogens is 214 g/mol. The summed E-state index contributed by atoms with van der Waals surface area (Å²) in [6.45, 7) is 5.21. The van der Waals surface area contributed by atoms with Crippen LogP contribution in [0.2, 0.25) is 0 Å². The van der Waals surface area contributed by atoms with Crippen LogP contribution in [-0.4, -0.2) is 16.2 Å². The number of aliphatic carboxylic acids is 1. The lowest BCUT2D eigenvalue weighted by atomic mass is 9.89. The van der Waals surface area contributed by atoms with Crippen molar-refractivity contribution in [3.05, 3.63) is 16.6 Å². The van der Waals surface area contributed by atoms with Gasteiger partial charge in [-0.1, -0.05) is 5.16 Å². The quantitative estimate of drug-likeness (QED) is 0.853. The summed E-state index contributed by atoms with van der Waals surface area (Å²) >= 11 is 1.51. The van der Waals surface area contributed by atoms with Gasteiger partial charge in [0.15, 0.2) is 5.58 Å². The molecule has 0 spiro atoms. The normalized spacial score (nSPS) is 12.2. The summed E-state index contributed by atoms with van der Waals surface area (Å²) in [6, 6.07) is 1.87. The number of carboxylic acids is 1. The number of carbonyl (C=O) groups is 1. The molecule has 0 atom stereocenters. The molecule has 0 saturated carbocycles. The predicted octanol–water partition coefficient (Wildman–Crippen LogP) is 2.56. The summed E-state index contributed by atoms with van der Waals surface area (Å²) in [7, 11) is 0. The van der Waals surface area contributed by atoms with Crippen molar-refractivity contribution in [2.24, 2.45) is 0 Å². The number of nitrogens with zero attached hydrogens (tertiary/aromatic N) is 1. The molecule has 5 heteroatoms. The molecule has 1 N–H and O–H groups in total. The molecule has 0 unspecified atom stereocenters. The third-order valence-electron chi connectivity index (χ3n) is 2.40. The second kappa shape index (κ2) is 3.06. The number of fused-ring (bicyclic) bond motifs is 1. The van der Waals surface area contributed by atoms with E-state index in [1.807, 2.05) is 13.0 Å². The monoisotopic (exact) mass is 225 g/mol. The van der Waals surface area contributed by atoms with E-state index in [0.717, 1.165) is 9.58 Å². The first kappa shape index (κ1) is 10.2. The largest absolute Gasteiger partial charge is 0.481 e.